The summed E-state index contributed by atoms with van der Waals surface area (Å²) in [5, 5.41) is 20.6. The van der Waals surface area contributed by atoms with Crippen LogP contribution in [0.1, 0.15) is 31.9 Å². The van der Waals surface area contributed by atoms with Gasteiger partial charge in [0.15, 0.2) is 0 Å². The molecule has 2 N–H and O–H groups in total. The molecular formula is C19H28N2O5. The van der Waals surface area contributed by atoms with Crippen molar-refractivity contribution < 1.29 is 24.5 Å². The fourth-order valence-electron chi connectivity index (χ4n) is 3.11. The summed E-state index contributed by atoms with van der Waals surface area (Å²) in [7, 11) is 0. The van der Waals surface area contributed by atoms with E-state index < -0.39 is 11.2 Å². The molecule has 1 aromatic rings. The van der Waals surface area contributed by atoms with Crippen LogP contribution >= 0.6 is 0 Å². The number of phenols is 1. The fraction of sp³-hybridized carbons (Fsp3) is 0.632. The van der Waals surface area contributed by atoms with Crippen LogP contribution in [-0.2, 0) is 21.6 Å². The van der Waals surface area contributed by atoms with Crippen molar-refractivity contribution in [1.82, 2.24) is 9.80 Å². The number of ether oxygens (including phenoxy) is 2. The lowest BCUT2D eigenvalue weighted by molar-refractivity contribution is -0.184. The Morgan fingerprint density at radius 3 is 2.38 bits per heavy atom. The first-order valence-corrected chi connectivity index (χ1v) is 8.99. The molecule has 0 saturated carbocycles. The zero-order valence-corrected chi connectivity index (χ0v) is 15.7. The number of phenolic OH excluding ortho intramolecular Hbond substituents is 1. The van der Waals surface area contributed by atoms with Crippen LogP contribution in [0, 0.1) is 0 Å². The lowest BCUT2D eigenvalue weighted by Crippen LogP contribution is -2.49. The number of piperazine rings is 1. The molecule has 7 nitrogen and oxygen atoms in total. The van der Waals surface area contributed by atoms with Crippen molar-refractivity contribution in [1.29, 1.82) is 0 Å². The molecule has 0 bridgehead atoms. The third-order valence-electron chi connectivity index (χ3n) is 4.72. The molecule has 0 radical (unpaired) electrons. The average Bonchev–Trinajstić information content (AvgIpc) is 2.53. The van der Waals surface area contributed by atoms with Crippen LogP contribution < -0.4 is 0 Å². The first-order chi connectivity index (χ1) is 12.2. The van der Waals surface area contributed by atoms with E-state index in [0.717, 1.165) is 18.7 Å². The highest BCUT2D eigenvalue weighted by molar-refractivity contribution is 5.68. The van der Waals surface area contributed by atoms with Crippen LogP contribution in [0.4, 0.5) is 4.79 Å². The fourth-order valence-corrected chi connectivity index (χ4v) is 3.11. The predicted molar refractivity (Wildman–Crippen MR) is 95.9 cm³/mol. The molecule has 144 valence electrons. The molecule has 0 atom stereocenters. The number of hydrogen-bond donors (Lipinski definition) is 2. The maximum absolute atomic E-state index is 12.1. The molecule has 2 aliphatic rings. The minimum absolute atomic E-state index is 0.178. The average molecular weight is 364 g/mol. The topological polar surface area (TPSA) is 82.5 Å². The Morgan fingerprint density at radius 2 is 1.88 bits per heavy atom. The van der Waals surface area contributed by atoms with Gasteiger partial charge in [-0.3, -0.25) is 4.90 Å². The number of nitrogens with zero attached hydrogens (tertiary/aromatic N) is 2. The quantitative estimate of drug-likeness (QED) is 0.849. The monoisotopic (exact) mass is 364 g/mol. The first-order valence-electron chi connectivity index (χ1n) is 8.99. The standard InChI is InChI=1S/C19H28N2O5/c1-18(2,3)26-17(23)21-8-6-20(7-9-21)11-14-4-5-15(10-16(14)22)19(24)12-25-13-19/h4-5,10,22,24H,6-9,11-13H2,1-3H3. The van der Waals surface area contributed by atoms with Gasteiger partial charge in [-0.15, -0.1) is 0 Å². The molecule has 26 heavy (non-hydrogen) atoms. The molecule has 2 aliphatic heterocycles. The van der Waals surface area contributed by atoms with Crippen LogP contribution in [0.5, 0.6) is 5.75 Å². The zero-order chi connectivity index (χ0) is 18.9. The minimum atomic E-state index is -0.977. The maximum atomic E-state index is 12.1. The highest BCUT2D eigenvalue weighted by atomic mass is 16.6. The van der Waals surface area contributed by atoms with Crippen molar-refractivity contribution >= 4 is 6.09 Å². The lowest BCUT2D eigenvalue weighted by Gasteiger charge is -2.37. The SMILES string of the molecule is CC(C)(C)OC(=O)N1CCN(Cc2ccc(C3(O)COC3)cc2O)CC1. The smallest absolute Gasteiger partial charge is 0.410 e. The lowest BCUT2D eigenvalue weighted by atomic mass is 9.91. The summed E-state index contributed by atoms with van der Waals surface area (Å²) >= 11 is 0. The van der Waals surface area contributed by atoms with Crippen molar-refractivity contribution in [2.75, 3.05) is 39.4 Å². The van der Waals surface area contributed by atoms with Gasteiger partial charge in [-0.05, 0) is 32.4 Å². The summed E-state index contributed by atoms with van der Waals surface area (Å²) in [4.78, 5) is 16.0. The Morgan fingerprint density at radius 1 is 1.23 bits per heavy atom. The van der Waals surface area contributed by atoms with Gasteiger partial charge in [0.2, 0.25) is 0 Å². The Kier molecular flexibility index (Phi) is 5.14. The summed E-state index contributed by atoms with van der Waals surface area (Å²) < 4.78 is 10.5. The first kappa shape index (κ1) is 18.9. The molecule has 2 fully saturated rings. The van der Waals surface area contributed by atoms with Gasteiger partial charge in [-0.1, -0.05) is 12.1 Å². The number of aliphatic hydroxyl groups is 1. The highest BCUT2D eigenvalue weighted by Crippen LogP contribution is 2.33. The van der Waals surface area contributed by atoms with Gasteiger partial charge in [0.1, 0.15) is 17.0 Å². The molecule has 7 heteroatoms. The summed E-state index contributed by atoms with van der Waals surface area (Å²) in [6, 6.07) is 5.31. The van der Waals surface area contributed by atoms with Crippen molar-refractivity contribution in [2.24, 2.45) is 0 Å². The second-order valence-electron chi connectivity index (χ2n) is 8.11. The molecule has 0 aliphatic carbocycles. The Balaban J connectivity index is 1.54. The van der Waals surface area contributed by atoms with E-state index in [1.165, 1.54) is 0 Å². The van der Waals surface area contributed by atoms with Crippen LogP contribution in [0.25, 0.3) is 0 Å². The molecule has 3 rings (SSSR count). The normalized spacial score (nSPS) is 20.5. The number of amides is 1. The van der Waals surface area contributed by atoms with E-state index in [4.69, 9.17) is 9.47 Å². The van der Waals surface area contributed by atoms with E-state index in [9.17, 15) is 15.0 Å². The molecule has 0 aromatic heterocycles. The van der Waals surface area contributed by atoms with Gasteiger partial charge in [0.05, 0.1) is 13.2 Å². The summed E-state index contributed by atoms with van der Waals surface area (Å²) in [5.41, 5.74) is 0.0230. The van der Waals surface area contributed by atoms with Crippen LogP contribution in [0.3, 0.4) is 0 Å². The van der Waals surface area contributed by atoms with Gasteiger partial charge in [-0.25, -0.2) is 4.79 Å². The van der Waals surface area contributed by atoms with Gasteiger partial charge < -0.3 is 24.6 Å². The van der Waals surface area contributed by atoms with Crippen molar-refractivity contribution in [2.45, 2.75) is 38.5 Å². The summed E-state index contributed by atoms with van der Waals surface area (Å²) in [5.74, 6) is 0.178. The zero-order valence-electron chi connectivity index (χ0n) is 15.7. The Bertz CT molecular complexity index is 658. The Hall–Kier alpha value is -1.83. The third kappa shape index (κ3) is 4.28. The molecule has 1 amide bonds. The van der Waals surface area contributed by atoms with Crippen LogP contribution in [0.15, 0.2) is 18.2 Å². The number of benzene rings is 1. The molecule has 2 heterocycles. The van der Waals surface area contributed by atoms with E-state index in [0.29, 0.717) is 25.2 Å². The Labute approximate surface area is 154 Å². The minimum Gasteiger partial charge on any atom is -0.508 e. The largest absolute Gasteiger partial charge is 0.508 e. The van der Waals surface area contributed by atoms with Crippen molar-refractivity contribution in [3.8, 4) is 5.75 Å². The van der Waals surface area contributed by atoms with Crippen LogP contribution in [-0.4, -0.2) is 71.1 Å². The molecule has 1 aromatic carbocycles. The van der Waals surface area contributed by atoms with E-state index >= 15 is 0 Å². The second-order valence-corrected chi connectivity index (χ2v) is 8.11. The summed E-state index contributed by atoms with van der Waals surface area (Å²) in [6.45, 7) is 9.35. The molecule has 0 spiro atoms. The number of carbonyl (C=O) groups excluding carboxylic acids is 1. The third-order valence-corrected chi connectivity index (χ3v) is 4.72. The number of hydrogen-bond acceptors (Lipinski definition) is 6. The van der Waals surface area contributed by atoms with Crippen molar-refractivity contribution in [3.63, 3.8) is 0 Å². The number of aromatic hydroxyl groups is 1. The van der Waals surface area contributed by atoms with E-state index in [1.54, 1.807) is 11.0 Å². The van der Waals surface area contributed by atoms with Crippen LogP contribution in [0.2, 0.25) is 0 Å². The van der Waals surface area contributed by atoms with Gasteiger partial charge in [-0.2, -0.15) is 0 Å². The van der Waals surface area contributed by atoms with E-state index in [2.05, 4.69) is 4.90 Å². The number of carbonyl (C=O) groups is 1. The van der Waals surface area contributed by atoms with Gasteiger partial charge >= 0.3 is 6.09 Å². The number of rotatable bonds is 3. The van der Waals surface area contributed by atoms with Crippen molar-refractivity contribution in [3.05, 3.63) is 29.3 Å². The van der Waals surface area contributed by atoms with E-state index in [1.807, 2.05) is 32.9 Å². The maximum Gasteiger partial charge on any atom is 0.410 e. The molecular weight excluding hydrogens is 336 g/mol. The van der Waals surface area contributed by atoms with Gasteiger partial charge in [0, 0.05) is 38.3 Å². The highest BCUT2D eigenvalue weighted by Gasteiger charge is 2.38. The second kappa shape index (κ2) is 7.06. The molecule has 2 saturated heterocycles. The predicted octanol–water partition coefficient (Wildman–Crippen LogP) is 1.66. The van der Waals surface area contributed by atoms with E-state index in [-0.39, 0.29) is 25.1 Å². The van der Waals surface area contributed by atoms with Gasteiger partial charge in [0.25, 0.3) is 0 Å². The summed E-state index contributed by atoms with van der Waals surface area (Å²) in [6.07, 6.45) is -0.277. The molecule has 0 unspecified atom stereocenters.